The first kappa shape index (κ1) is 11.3. The lowest BCUT2D eigenvalue weighted by atomic mass is 10.1. The summed E-state index contributed by atoms with van der Waals surface area (Å²) in [6, 6.07) is 20.2. The Kier molecular flexibility index (Phi) is 3.87. The maximum Gasteiger partial charge on any atom is 0.0633 e. The fourth-order valence-corrected chi connectivity index (χ4v) is 1.65. The number of para-hydroxylation sites is 1. The first-order valence-electron chi connectivity index (χ1n) is 5.69. The van der Waals surface area contributed by atoms with Crippen molar-refractivity contribution in [2.24, 2.45) is 4.99 Å². The summed E-state index contributed by atoms with van der Waals surface area (Å²) in [5, 5.41) is 0. The molecule has 84 valence electrons. The molecule has 1 nitrogen and oxygen atoms in total. The van der Waals surface area contributed by atoms with Crippen LogP contribution in [0.2, 0.25) is 0 Å². The van der Waals surface area contributed by atoms with Gasteiger partial charge in [-0.05, 0) is 17.7 Å². The minimum Gasteiger partial charge on any atom is -0.253 e. The zero-order valence-electron chi connectivity index (χ0n) is 9.71. The number of nitrogens with zero attached hydrogens (tertiary/aromatic N) is 1. The van der Waals surface area contributed by atoms with E-state index < -0.39 is 0 Å². The van der Waals surface area contributed by atoms with Crippen LogP contribution in [0.15, 0.2) is 78.3 Å². The Hall–Kier alpha value is -2.15. The van der Waals surface area contributed by atoms with E-state index in [-0.39, 0.29) is 0 Å². The maximum atomic E-state index is 4.66. The zero-order chi connectivity index (χ0) is 11.9. The molecular formula is C16H15N. The smallest absolute Gasteiger partial charge is 0.0633 e. The van der Waals surface area contributed by atoms with Crippen LogP contribution in [0, 0.1) is 0 Å². The van der Waals surface area contributed by atoms with Crippen molar-refractivity contribution >= 4 is 11.4 Å². The average Bonchev–Trinajstić information content (AvgIpc) is 2.40. The standard InChI is InChI=1S/C16H15N/c1-2-9-16(14-10-5-3-6-11-14)17-15-12-7-4-8-13-15/h2-8,10-13H,1,9H2. The molecule has 0 heterocycles. The first-order valence-corrected chi connectivity index (χ1v) is 5.69. The Balaban J connectivity index is 2.36. The second-order valence-electron chi connectivity index (χ2n) is 3.75. The quantitative estimate of drug-likeness (QED) is 0.536. The minimum atomic E-state index is 0.777. The Morgan fingerprint density at radius 1 is 0.941 bits per heavy atom. The maximum absolute atomic E-state index is 4.66. The van der Waals surface area contributed by atoms with Crippen LogP contribution in [0.4, 0.5) is 5.69 Å². The number of aliphatic imine (C=N–C) groups is 1. The molecule has 0 amide bonds. The van der Waals surface area contributed by atoms with Crippen LogP contribution in [0.1, 0.15) is 12.0 Å². The number of allylic oxidation sites excluding steroid dienone is 1. The van der Waals surface area contributed by atoms with Crippen molar-refractivity contribution in [1.29, 1.82) is 0 Å². The van der Waals surface area contributed by atoms with Gasteiger partial charge in [-0.25, -0.2) is 0 Å². The van der Waals surface area contributed by atoms with Crippen molar-refractivity contribution in [3.8, 4) is 0 Å². The van der Waals surface area contributed by atoms with Gasteiger partial charge in [0.1, 0.15) is 0 Å². The summed E-state index contributed by atoms with van der Waals surface area (Å²) in [5.41, 5.74) is 3.18. The number of benzene rings is 2. The van der Waals surface area contributed by atoms with E-state index in [1.54, 1.807) is 0 Å². The molecule has 0 aliphatic rings. The van der Waals surface area contributed by atoms with Gasteiger partial charge in [-0.2, -0.15) is 0 Å². The molecule has 2 rings (SSSR count). The molecule has 0 fully saturated rings. The molecule has 2 aromatic carbocycles. The van der Waals surface area contributed by atoms with Crippen LogP contribution >= 0.6 is 0 Å². The van der Waals surface area contributed by atoms with E-state index in [9.17, 15) is 0 Å². The van der Waals surface area contributed by atoms with E-state index in [0.29, 0.717) is 0 Å². The van der Waals surface area contributed by atoms with Crippen LogP contribution in [0.5, 0.6) is 0 Å². The third kappa shape index (κ3) is 3.15. The summed E-state index contributed by atoms with van der Waals surface area (Å²) in [4.78, 5) is 4.66. The van der Waals surface area contributed by atoms with Gasteiger partial charge in [-0.3, -0.25) is 4.99 Å². The van der Waals surface area contributed by atoms with Crippen molar-refractivity contribution in [3.63, 3.8) is 0 Å². The molecule has 0 aliphatic heterocycles. The van der Waals surface area contributed by atoms with Gasteiger partial charge < -0.3 is 0 Å². The minimum absolute atomic E-state index is 0.777. The Morgan fingerprint density at radius 2 is 1.53 bits per heavy atom. The van der Waals surface area contributed by atoms with Gasteiger partial charge in [0.2, 0.25) is 0 Å². The monoisotopic (exact) mass is 221 g/mol. The largest absolute Gasteiger partial charge is 0.253 e. The first-order chi connectivity index (χ1) is 8.40. The SMILES string of the molecule is C=CCC(=Nc1ccccc1)c1ccccc1. The van der Waals surface area contributed by atoms with Crippen molar-refractivity contribution in [2.45, 2.75) is 6.42 Å². The zero-order valence-corrected chi connectivity index (χ0v) is 9.71. The summed E-state index contributed by atoms with van der Waals surface area (Å²) in [5.74, 6) is 0. The van der Waals surface area contributed by atoms with E-state index >= 15 is 0 Å². The second-order valence-corrected chi connectivity index (χ2v) is 3.75. The van der Waals surface area contributed by atoms with E-state index in [4.69, 9.17) is 0 Å². The molecule has 1 heteroatoms. The molecule has 0 aromatic heterocycles. The van der Waals surface area contributed by atoms with Crippen molar-refractivity contribution in [2.75, 3.05) is 0 Å². The summed E-state index contributed by atoms with van der Waals surface area (Å²) < 4.78 is 0. The fourth-order valence-electron chi connectivity index (χ4n) is 1.65. The third-order valence-electron chi connectivity index (χ3n) is 2.46. The molecule has 0 saturated heterocycles. The van der Waals surface area contributed by atoms with E-state index in [2.05, 4.69) is 23.7 Å². The van der Waals surface area contributed by atoms with Crippen molar-refractivity contribution in [3.05, 3.63) is 78.9 Å². The van der Waals surface area contributed by atoms with E-state index in [1.165, 1.54) is 0 Å². The molecule has 0 spiro atoms. The highest BCUT2D eigenvalue weighted by atomic mass is 14.7. The van der Waals surface area contributed by atoms with Crippen LogP contribution in [-0.2, 0) is 0 Å². The van der Waals surface area contributed by atoms with Crippen LogP contribution in [-0.4, -0.2) is 5.71 Å². The summed E-state index contributed by atoms with van der Waals surface area (Å²) in [6.07, 6.45) is 2.66. The number of hydrogen-bond donors (Lipinski definition) is 0. The Bertz CT molecular complexity index is 498. The molecule has 0 radical (unpaired) electrons. The Labute approximate surface area is 102 Å². The lowest BCUT2D eigenvalue weighted by molar-refractivity contribution is 1.39. The van der Waals surface area contributed by atoms with Gasteiger partial charge in [0.25, 0.3) is 0 Å². The summed E-state index contributed by atoms with van der Waals surface area (Å²) in [7, 11) is 0. The van der Waals surface area contributed by atoms with Gasteiger partial charge in [0, 0.05) is 6.42 Å². The fraction of sp³-hybridized carbons (Fsp3) is 0.0625. The predicted octanol–water partition coefficient (Wildman–Crippen LogP) is 4.38. The van der Waals surface area contributed by atoms with Crippen LogP contribution < -0.4 is 0 Å². The summed E-state index contributed by atoms with van der Waals surface area (Å²) in [6.45, 7) is 3.79. The molecule has 0 aliphatic carbocycles. The van der Waals surface area contributed by atoms with E-state index in [0.717, 1.165) is 23.4 Å². The number of rotatable bonds is 4. The normalized spacial score (nSPS) is 11.2. The molecule has 0 N–H and O–H groups in total. The lowest BCUT2D eigenvalue weighted by Crippen LogP contribution is -1.98. The molecule has 2 aromatic rings. The topological polar surface area (TPSA) is 12.4 Å². The summed E-state index contributed by atoms with van der Waals surface area (Å²) >= 11 is 0. The molecule has 0 bridgehead atoms. The van der Waals surface area contributed by atoms with Crippen molar-refractivity contribution in [1.82, 2.24) is 0 Å². The van der Waals surface area contributed by atoms with Crippen LogP contribution in [0.3, 0.4) is 0 Å². The molecule has 17 heavy (non-hydrogen) atoms. The average molecular weight is 221 g/mol. The van der Waals surface area contributed by atoms with Gasteiger partial charge in [-0.1, -0.05) is 54.6 Å². The van der Waals surface area contributed by atoms with Gasteiger partial charge in [0.15, 0.2) is 0 Å². The molecule has 0 saturated carbocycles. The van der Waals surface area contributed by atoms with Gasteiger partial charge in [0.05, 0.1) is 11.4 Å². The molecular weight excluding hydrogens is 206 g/mol. The highest BCUT2D eigenvalue weighted by Gasteiger charge is 2.00. The highest BCUT2D eigenvalue weighted by molar-refractivity contribution is 6.02. The highest BCUT2D eigenvalue weighted by Crippen LogP contribution is 2.14. The second kappa shape index (κ2) is 5.80. The van der Waals surface area contributed by atoms with Gasteiger partial charge in [-0.15, -0.1) is 6.58 Å². The lowest BCUT2D eigenvalue weighted by Gasteiger charge is -2.04. The van der Waals surface area contributed by atoms with Crippen molar-refractivity contribution < 1.29 is 0 Å². The number of hydrogen-bond acceptors (Lipinski definition) is 1. The van der Waals surface area contributed by atoms with Gasteiger partial charge >= 0.3 is 0 Å². The van der Waals surface area contributed by atoms with Crippen LogP contribution in [0.25, 0.3) is 0 Å². The molecule has 0 atom stereocenters. The van der Waals surface area contributed by atoms with E-state index in [1.807, 2.05) is 54.6 Å². The predicted molar refractivity (Wildman–Crippen MR) is 73.9 cm³/mol. The molecule has 0 unspecified atom stereocenters. The third-order valence-corrected chi connectivity index (χ3v) is 2.46. The Morgan fingerprint density at radius 3 is 2.12 bits per heavy atom.